The van der Waals surface area contributed by atoms with E-state index in [1.165, 1.54) is 0 Å². The van der Waals surface area contributed by atoms with Crippen LogP contribution in [0.5, 0.6) is 0 Å². The molecule has 3 atom stereocenters. The summed E-state index contributed by atoms with van der Waals surface area (Å²) < 4.78 is 16.6. The predicted molar refractivity (Wildman–Crippen MR) is 124 cm³/mol. The maximum absolute atomic E-state index is 14.9. The number of alkyl halides is 1. The number of aliphatic imine (C=N–C) groups is 1. The standard InChI is InChI=1S/C24H33FN6O/c1-15(2)12-31-8-7-21(20(25)14-31)28-24(32)23(29-22-11-26-22)19-9-17(6-5-16(19)3)18-10-27-30(4)13-18/h5-6,9-10,13,15,20-22,26H,7-8,11-12,14H2,1-4H3,(H,28,32)/b29-23+/t20-,21+,22?/m0/s1. The maximum atomic E-state index is 14.9. The van der Waals surface area contributed by atoms with Gasteiger partial charge in [-0.15, -0.1) is 0 Å². The van der Waals surface area contributed by atoms with E-state index in [-0.39, 0.29) is 12.1 Å². The number of nitrogens with zero attached hydrogens (tertiary/aromatic N) is 4. The van der Waals surface area contributed by atoms with Gasteiger partial charge in [0, 0.05) is 50.6 Å². The number of rotatable bonds is 7. The number of carbonyl (C=O) groups excluding carboxylic acids is 1. The van der Waals surface area contributed by atoms with E-state index in [0.29, 0.717) is 24.6 Å². The summed E-state index contributed by atoms with van der Waals surface area (Å²) >= 11 is 0. The zero-order valence-electron chi connectivity index (χ0n) is 19.3. The van der Waals surface area contributed by atoms with E-state index in [4.69, 9.17) is 0 Å². The van der Waals surface area contributed by atoms with Crippen LogP contribution in [0.15, 0.2) is 35.6 Å². The van der Waals surface area contributed by atoms with Gasteiger partial charge >= 0.3 is 0 Å². The molecule has 2 aromatic rings. The van der Waals surface area contributed by atoms with Gasteiger partial charge < -0.3 is 10.2 Å². The number of halogens is 1. The molecule has 172 valence electrons. The summed E-state index contributed by atoms with van der Waals surface area (Å²) in [5.74, 6) is 0.184. The van der Waals surface area contributed by atoms with Crippen molar-refractivity contribution in [1.82, 2.24) is 25.3 Å². The van der Waals surface area contributed by atoms with Crippen LogP contribution in [0.4, 0.5) is 4.39 Å². The Kier molecular flexibility index (Phi) is 6.71. The summed E-state index contributed by atoms with van der Waals surface area (Å²) in [4.78, 5) is 20.1. The molecule has 4 rings (SSSR count). The molecule has 8 heteroatoms. The van der Waals surface area contributed by atoms with Gasteiger partial charge in [0.25, 0.3) is 5.91 Å². The van der Waals surface area contributed by atoms with Crippen LogP contribution in [0.25, 0.3) is 11.1 Å². The van der Waals surface area contributed by atoms with Crippen molar-refractivity contribution in [3.05, 3.63) is 41.7 Å². The lowest BCUT2D eigenvalue weighted by atomic mass is 9.97. The first kappa shape index (κ1) is 22.6. The van der Waals surface area contributed by atoms with Crippen LogP contribution in [0, 0.1) is 12.8 Å². The Bertz CT molecular complexity index is 996. The second-order valence-corrected chi connectivity index (χ2v) is 9.37. The molecule has 32 heavy (non-hydrogen) atoms. The highest BCUT2D eigenvalue weighted by Crippen LogP contribution is 2.24. The Balaban J connectivity index is 1.54. The number of piperidine rings is 1. The van der Waals surface area contributed by atoms with Gasteiger partial charge in [-0.05, 0) is 36.5 Å². The summed E-state index contributed by atoms with van der Waals surface area (Å²) in [5.41, 5.74) is 4.02. The number of aromatic nitrogens is 2. The molecule has 1 aromatic heterocycles. The number of likely N-dealkylation sites (tertiary alicyclic amines) is 1. The molecule has 0 saturated carbocycles. The van der Waals surface area contributed by atoms with Gasteiger partial charge in [-0.1, -0.05) is 26.0 Å². The number of carbonyl (C=O) groups is 1. The molecule has 0 radical (unpaired) electrons. The van der Waals surface area contributed by atoms with Crippen LogP contribution in [0.2, 0.25) is 0 Å². The van der Waals surface area contributed by atoms with Gasteiger partial charge in [0.15, 0.2) is 0 Å². The van der Waals surface area contributed by atoms with Crippen LogP contribution >= 0.6 is 0 Å². The Morgan fingerprint density at radius 2 is 2.16 bits per heavy atom. The van der Waals surface area contributed by atoms with Crippen molar-refractivity contribution in [2.24, 2.45) is 18.0 Å². The lowest BCUT2D eigenvalue weighted by molar-refractivity contribution is -0.116. The van der Waals surface area contributed by atoms with E-state index in [2.05, 4.69) is 39.5 Å². The Morgan fingerprint density at radius 3 is 2.78 bits per heavy atom. The minimum atomic E-state index is -1.09. The molecule has 3 heterocycles. The smallest absolute Gasteiger partial charge is 0.270 e. The van der Waals surface area contributed by atoms with Crippen LogP contribution in [0.1, 0.15) is 31.4 Å². The third-order valence-electron chi connectivity index (χ3n) is 5.98. The van der Waals surface area contributed by atoms with Gasteiger partial charge in [0.2, 0.25) is 0 Å². The van der Waals surface area contributed by atoms with Crippen molar-refractivity contribution < 1.29 is 9.18 Å². The van der Waals surface area contributed by atoms with Crippen molar-refractivity contribution in [2.45, 2.75) is 45.6 Å². The van der Waals surface area contributed by atoms with Crippen LogP contribution < -0.4 is 10.6 Å². The molecule has 1 unspecified atom stereocenters. The molecule has 2 N–H and O–H groups in total. The first-order valence-electron chi connectivity index (χ1n) is 11.4. The second-order valence-electron chi connectivity index (χ2n) is 9.37. The fourth-order valence-corrected chi connectivity index (χ4v) is 4.23. The quantitative estimate of drug-likeness (QED) is 0.511. The second kappa shape index (κ2) is 9.50. The van der Waals surface area contributed by atoms with Crippen molar-refractivity contribution in [2.75, 3.05) is 26.2 Å². The van der Waals surface area contributed by atoms with Gasteiger partial charge in [-0.25, -0.2) is 4.39 Å². The van der Waals surface area contributed by atoms with Gasteiger partial charge in [-0.3, -0.25) is 19.8 Å². The van der Waals surface area contributed by atoms with Crippen LogP contribution in [-0.2, 0) is 11.8 Å². The number of nitrogens with one attached hydrogen (secondary N) is 2. The third kappa shape index (κ3) is 5.42. The van der Waals surface area contributed by atoms with Crippen LogP contribution in [-0.4, -0.2) is 70.9 Å². The zero-order valence-corrected chi connectivity index (χ0v) is 19.3. The summed E-state index contributed by atoms with van der Waals surface area (Å²) in [5, 5.41) is 10.3. The normalized spacial score (nSPS) is 24.1. The summed E-state index contributed by atoms with van der Waals surface area (Å²) in [6.07, 6.45) is 3.18. The van der Waals surface area contributed by atoms with Crippen LogP contribution in [0.3, 0.4) is 0 Å². The lowest BCUT2D eigenvalue weighted by Crippen LogP contribution is -2.54. The molecule has 0 spiro atoms. The Morgan fingerprint density at radius 1 is 1.38 bits per heavy atom. The highest BCUT2D eigenvalue weighted by atomic mass is 19.1. The van der Waals surface area contributed by atoms with E-state index in [1.54, 1.807) is 10.9 Å². The average molecular weight is 441 g/mol. The highest BCUT2D eigenvalue weighted by molar-refractivity contribution is 6.46. The monoisotopic (exact) mass is 440 g/mol. The third-order valence-corrected chi connectivity index (χ3v) is 5.98. The highest BCUT2D eigenvalue weighted by Gasteiger charge is 2.32. The fraction of sp³-hybridized carbons (Fsp3) is 0.542. The van der Waals surface area contributed by atoms with Gasteiger partial charge in [0.1, 0.15) is 18.0 Å². The zero-order chi connectivity index (χ0) is 22.8. The first-order chi connectivity index (χ1) is 15.3. The van der Waals surface area contributed by atoms with E-state index in [9.17, 15) is 9.18 Å². The molecule has 0 bridgehead atoms. The number of aryl methyl sites for hydroxylation is 2. The molecule has 7 nitrogen and oxygen atoms in total. The van der Waals surface area contributed by atoms with E-state index >= 15 is 0 Å². The van der Waals surface area contributed by atoms with Gasteiger partial charge in [0.05, 0.1) is 12.2 Å². The summed E-state index contributed by atoms with van der Waals surface area (Å²) in [6, 6.07) is 5.49. The Hall–Kier alpha value is -2.58. The first-order valence-corrected chi connectivity index (χ1v) is 11.4. The van der Waals surface area contributed by atoms with Gasteiger partial charge in [-0.2, -0.15) is 5.10 Å². The molecule has 2 aliphatic heterocycles. The number of hydrogen-bond donors (Lipinski definition) is 2. The number of amides is 1. The largest absolute Gasteiger partial charge is 0.345 e. The minimum absolute atomic E-state index is 0.0636. The summed E-state index contributed by atoms with van der Waals surface area (Å²) in [7, 11) is 1.87. The van der Waals surface area contributed by atoms with Crippen molar-refractivity contribution in [1.29, 1.82) is 0 Å². The molecular formula is C24H33FN6O. The van der Waals surface area contributed by atoms with E-state index in [0.717, 1.165) is 41.9 Å². The molecule has 2 fully saturated rings. The minimum Gasteiger partial charge on any atom is -0.345 e. The molecule has 1 aromatic carbocycles. The van der Waals surface area contributed by atoms with E-state index in [1.807, 2.05) is 38.4 Å². The molecule has 2 aliphatic rings. The number of hydrogen-bond acceptors (Lipinski definition) is 5. The summed E-state index contributed by atoms with van der Waals surface area (Å²) in [6.45, 7) is 9.01. The van der Waals surface area contributed by atoms with Crippen molar-refractivity contribution in [3.63, 3.8) is 0 Å². The Labute approximate surface area is 189 Å². The number of benzene rings is 1. The van der Waals surface area contributed by atoms with E-state index < -0.39 is 12.2 Å². The van der Waals surface area contributed by atoms with Crippen molar-refractivity contribution >= 4 is 11.6 Å². The molecular weight excluding hydrogens is 407 g/mol. The molecule has 2 saturated heterocycles. The predicted octanol–water partition coefficient (Wildman–Crippen LogP) is 2.30. The molecule has 1 amide bonds. The fourth-order valence-electron chi connectivity index (χ4n) is 4.23. The average Bonchev–Trinajstić information content (AvgIpc) is 3.46. The maximum Gasteiger partial charge on any atom is 0.270 e. The lowest BCUT2D eigenvalue weighted by Gasteiger charge is -2.35. The molecule has 0 aliphatic carbocycles. The van der Waals surface area contributed by atoms with Crippen molar-refractivity contribution in [3.8, 4) is 11.1 Å². The topological polar surface area (TPSA) is 84.5 Å². The SMILES string of the molecule is Cc1ccc(-c2cnn(C)c2)cc1/C(=N\C1CN1)C(=O)N[C@@H]1CCN(CC(C)C)C[C@@H]1F.